The van der Waals surface area contributed by atoms with Crippen molar-refractivity contribution < 1.29 is 4.79 Å². The molecule has 1 fully saturated rings. The van der Waals surface area contributed by atoms with E-state index in [-0.39, 0.29) is 5.91 Å². The Kier molecular flexibility index (Phi) is 4.23. The van der Waals surface area contributed by atoms with E-state index in [9.17, 15) is 4.79 Å². The summed E-state index contributed by atoms with van der Waals surface area (Å²) in [6.07, 6.45) is 3.82. The average molecular weight is 402 g/mol. The number of aryl methyl sites for hydroxylation is 3. The molecule has 0 atom stereocenters. The zero-order valence-corrected chi connectivity index (χ0v) is 17.1. The van der Waals surface area contributed by atoms with E-state index in [4.69, 9.17) is 0 Å². The van der Waals surface area contributed by atoms with Crippen LogP contribution in [0.3, 0.4) is 0 Å². The first-order valence-electron chi connectivity index (χ1n) is 9.90. The van der Waals surface area contributed by atoms with Crippen LogP contribution in [0, 0.1) is 13.8 Å². The van der Waals surface area contributed by atoms with Crippen LogP contribution in [0.1, 0.15) is 40.6 Å². The number of nitrogens with one attached hydrogen (secondary N) is 1. The van der Waals surface area contributed by atoms with Crippen molar-refractivity contribution in [3.63, 3.8) is 0 Å². The van der Waals surface area contributed by atoms with Gasteiger partial charge >= 0.3 is 0 Å². The van der Waals surface area contributed by atoms with Gasteiger partial charge in [0, 0.05) is 29.7 Å². The van der Waals surface area contributed by atoms with Gasteiger partial charge in [-0.2, -0.15) is 5.10 Å². The summed E-state index contributed by atoms with van der Waals surface area (Å²) in [7, 11) is 1.84. The third-order valence-electron chi connectivity index (χ3n) is 5.42. The molecule has 3 heterocycles. The number of carbonyl (C=O) groups excluding carboxylic acids is 1. The van der Waals surface area contributed by atoms with E-state index >= 15 is 0 Å². The largest absolute Gasteiger partial charge is 0.322 e. The summed E-state index contributed by atoms with van der Waals surface area (Å²) in [5.41, 5.74) is 4.22. The van der Waals surface area contributed by atoms with Gasteiger partial charge in [-0.3, -0.25) is 9.48 Å². The molecular formula is C21H22N8O. The average Bonchev–Trinajstić information content (AvgIpc) is 3.20. The fourth-order valence-electron chi connectivity index (χ4n) is 3.71. The maximum absolute atomic E-state index is 13.0. The number of anilines is 1. The number of rotatable bonds is 5. The molecule has 0 saturated heterocycles. The zero-order chi connectivity index (χ0) is 20.8. The van der Waals surface area contributed by atoms with Gasteiger partial charge in [-0.1, -0.05) is 0 Å². The maximum atomic E-state index is 13.0. The van der Waals surface area contributed by atoms with Crippen LogP contribution in [0.15, 0.2) is 42.6 Å². The van der Waals surface area contributed by atoms with Crippen molar-refractivity contribution in [2.24, 2.45) is 7.05 Å². The van der Waals surface area contributed by atoms with E-state index in [0.717, 1.165) is 41.4 Å². The molecule has 1 aliphatic rings. The van der Waals surface area contributed by atoms with Gasteiger partial charge in [0.05, 0.1) is 12.2 Å². The van der Waals surface area contributed by atoms with Gasteiger partial charge < -0.3 is 9.88 Å². The quantitative estimate of drug-likeness (QED) is 0.553. The molecule has 1 aliphatic carbocycles. The lowest BCUT2D eigenvalue weighted by molar-refractivity contribution is 0.102. The van der Waals surface area contributed by atoms with E-state index in [2.05, 4.69) is 25.9 Å². The van der Waals surface area contributed by atoms with Crippen LogP contribution in [0.4, 0.5) is 5.69 Å². The van der Waals surface area contributed by atoms with Crippen molar-refractivity contribution in [2.75, 3.05) is 5.32 Å². The number of hydrogen-bond acceptors (Lipinski definition) is 5. The molecule has 152 valence electrons. The lowest BCUT2D eigenvalue weighted by atomic mass is 10.2. The Balaban J connectivity index is 1.40. The first kappa shape index (κ1) is 18.3. The third-order valence-corrected chi connectivity index (χ3v) is 5.42. The molecule has 5 rings (SSSR count). The summed E-state index contributed by atoms with van der Waals surface area (Å²) in [4.78, 5) is 13.0. The van der Waals surface area contributed by atoms with E-state index in [1.807, 2.05) is 66.5 Å². The lowest BCUT2D eigenvalue weighted by Crippen LogP contribution is -2.16. The number of carbonyl (C=O) groups is 1. The van der Waals surface area contributed by atoms with Gasteiger partial charge in [-0.15, -0.1) is 5.10 Å². The first-order chi connectivity index (χ1) is 14.5. The van der Waals surface area contributed by atoms with Crippen LogP contribution in [0.5, 0.6) is 0 Å². The van der Waals surface area contributed by atoms with Crippen LogP contribution >= 0.6 is 0 Å². The minimum absolute atomic E-state index is 0.207. The summed E-state index contributed by atoms with van der Waals surface area (Å²) < 4.78 is 5.62. The lowest BCUT2D eigenvalue weighted by Gasteiger charge is -2.13. The van der Waals surface area contributed by atoms with Crippen LogP contribution in [0.2, 0.25) is 0 Å². The Morgan fingerprint density at radius 1 is 1.07 bits per heavy atom. The smallest absolute Gasteiger partial charge is 0.261 e. The zero-order valence-electron chi connectivity index (χ0n) is 17.1. The monoisotopic (exact) mass is 402 g/mol. The number of aromatic nitrogens is 7. The summed E-state index contributed by atoms with van der Waals surface area (Å²) >= 11 is 0. The van der Waals surface area contributed by atoms with E-state index in [1.54, 1.807) is 10.9 Å². The van der Waals surface area contributed by atoms with Gasteiger partial charge in [-0.05, 0) is 73.5 Å². The highest BCUT2D eigenvalue weighted by Gasteiger charge is 2.28. The molecule has 0 radical (unpaired) electrons. The number of hydrogen-bond donors (Lipinski definition) is 1. The van der Waals surface area contributed by atoms with Gasteiger partial charge in [-0.25, -0.2) is 4.68 Å². The Morgan fingerprint density at radius 3 is 2.43 bits per heavy atom. The standard InChI is InChI=1S/C21H22N8O/c1-13-4-5-14(2)28(13)21-18(12-22-27(21)3)20(30)23-16-8-6-15(7-9-16)19-24-25-26-29(19)17-10-11-17/h4-9,12,17H,10-11H2,1-3H3,(H,23,30). The number of tetrazole rings is 1. The molecule has 4 aromatic rings. The van der Waals surface area contributed by atoms with Crippen molar-refractivity contribution in [1.29, 1.82) is 0 Å². The van der Waals surface area contributed by atoms with Crippen LogP contribution < -0.4 is 5.32 Å². The fourth-order valence-corrected chi connectivity index (χ4v) is 3.71. The van der Waals surface area contributed by atoms with E-state index < -0.39 is 0 Å². The molecule has 9 heteroatoms. The molecule has 0 spiro atoms. The van der Waals surface area contributed by atoms with Crippen LogP contribution in [0.25, 0.3) is 17.2 Å². The van der Waals surface area contributed by atoms with Crippen molar-refractivity contribution in [3.8, 4) is 17.2 Å². The number of nitrogens with zero attached hydrogens (tertiary/aromatic N) is 7. The summed E-state index contributed by atoms with van der Waals surface area (Å²) in [6, 6.07) is 12.0. The second kappa shape index (κ2) is 6.94. The molecule has 0 unspecified atom stereocenters. The van der Waals surface area contributed by atoms with Crippen molar-refractivity contribution in [3.05, 3.63) is 59.5 Å². The summed E-state index contributed by atoms with van der Waals surface area (Å²) in [6.45, 7) is 4.02. The second-order valence-electron chi connectivity index (χ2n) is 7.67. The Labute approximate surface area is 173 Å². The predicted molar refractivity (Wildman–Crippen MR) is 111 cm³/mol. The maximum Gasteiger partial charge on any atom is 0.261 e. The molecule has 3 aromatic heterocycles. The molecule has 1 N–H and O–H groups in total. The van der Waals surface area contributed by atoms with Crippen molar-refractivity contribution in [1.82, 2.24) is 34.6 Å². The van der Waals surface area contributed by atoms with Gasteiger partial charge in [0.25, 0.3) is 5.91 Å². The summed E-state index contributed by atoms with van der Waals surface area (Å²) in [5.74, 6) is 1.29. The molecule has 1 amide bonds. The highest BCUT2D eigenvalue weighted by atomic mass is 16.1. The van der Waals surface area contributed by atoms with E-state index in [0.29, 0.717) is 17.3 Å². The Bertz CT molecular complexity index is 1210. The summed E-state index contributed by atoms with van der Waals surface area (Å²) in [5, 5.41) is 19.3. The molecule has 9 nitrogen and oxygen atoms in total. The molecule has 0 bridgehead atoms. The van der Waals surface area contributed by atoms with E-state index in [1.165, 1.54) is 0 Å². The Hall–Kier alpha value is -3.75. The molecule has 1 aromatic carbocycles. The highest BCUT2D eigenvalue weighted by molar-refractivity contribution is 6.06. The minimum Gasteiger partial charge on any atom is -0.322 e. The fraction of sp³-hybridized carbons (Fsp3) is 0.286. The Morgan fingerprint density at radius 2 is 1.77 bits per heavy atom. The van der Waals surface area contributed by atoms with Crippen LogP contribution in [-0.4, -0.2) is 40.5 Å². The first-order valence-corrected chi connectivity index (χ1v) is 9.90. The highest BCUT2D eigenvalue weighted by Crippen LogP contribution is 2.36. The minimum atomic E-state index is -0.207. The normalized spacial score (nSPS) is 13.6. The molecule has 30 heavy (non-hydrogen) atoms. The SMILES string of the molecule is Cc1ccc(C)n1-c1c(C(=O)Nc2ccc(-c3nnnn3C3CC3)cc2)cnn1C. The predicted octanol–water partition coefficient (Wildman–Crippen LogP) is 3.07. The third kappa shape index (κ3) is 3.08. The van der Waals surface area contributed by atoms with Gasteiger partial charge in [0.1, 0.15) is 11.4 Å². The van der Waals surface area contributed by atoms with Crippen LogP contribution in [-0.2, 0) is 7.05 Å². The van der Waals surface area contributed by atoms with Gasteiger partial charge in [0.2, 0.25) is 0 Å². The molecule has 1 saturated carbocycles. The molecule has 0 aliphatic heterocycles. The number of amides is 1. The van der Waals surface area contributed by atoms with Crippen molar-refractivity contribution >= 4 is 11.6 Å². The van der Waals surface area contributed by atoms with Gasteiger partial charge in [0.15, 0.2) is 5.82 Å². The topological polar surface area (TPSA) is 95.4 Å². The second-order valence-corrected chi connectivity index (χ2v) is 7.67. The number of benzene rings is 1. The molecular weight excluding hydrogens is 380 g/mol. The van der Waals surface area contributed by atoms with Crippen molar-refractivity contribution in [2.45, 2.75) is 32.7 Å².